The Morgan fingerprint density at radius 3 is 1.88 bits per heavy atom. The maximum Gasteiger partial charge on any atom is 0.353 e. The van der Waals surface area contributed by atoms with Crippen LogP contribution in [0.5, 0.6) is 0 Å². The molecule has 0 saturated heterocycles. The Labute approximate surface area is 190 Å². The molecule has 174 valence electrons. The van der Waals surface area contributed by atoms with Gasteiger partial charge in [-0.25, -0.2) is 19.6 Å². The van der Waals surface area contributed by atoms with Crippen LogP contribution < -0.4 is 10.6 Å². The number of ether oxygens (including phenoxy) is 2. The number of esters is 2. The van der Waals surface area contributed by atoms with Gasteiger partial charge < -0.3 is 20.1 Å². The topological polar surface area (TPSA) is 189 Å². The Balaban J connectivity index is 2.04. The van der Waals surface area contributed by atoms with Gasteiger partial charge in [0.15, 0.2) is 0 Å². The van der Waals surface area contributed by atoms with Gasteiger partial charge >= 0.3 is 17.6 Å². The molecule has 0 radical (unpaired) electrons. The zero-order valence-corrected chi connectivity index (χ0v) is 17.7. The summed E-state index contributed by atoms with van der Waals surface area (Å²) < 4.78 is 9.35. The molecule has 14 heteroatoms. The smallest absolute Gasteiger partial charge is 0.353 e. The lowest BCUT2D eigenvalue weighted by atomic mass is 10.1. The number of rotatable bonds is 8. The Morgan fingerprint density at radius 1 is 0.824 bits per heavy atom. The monoisotopic (exact) mass is 468 g/mol. The van der Waals surface area contributed by atoms with Crippen molar-refractivity contribution in [3.05, 3.63) is 80.1 Å². The average Bonchev–Trinajstić information content (AvgIpc) is 2.82. The van der Waals surface area contributed by atoms with E-state index in [4.69, 9.17) is 0 Å². The first-order valence-corrected chi connectivity index (χ1v) is 9.33. The molecular weight excluding hydrogens is 452 g/mol. The Morgan fingerprint density at radius 2 is 1.38 bits per heavy atom. The van der Waals surface area contributed by atoms with Crippen molar-refractivity contribution in [3.8, 4) is 0 Å². The molecule has 0 saturated carbocycles. The number of aromatic nitrogens is 2. The van der Waals surface area contributed by atoms with Crippen molar-refractivity contribution < 1.29 is 28.9 Å². The molecule has 0 fully saturated rings. The summed E-state index contributed by atoms with van der Waals surface area (Å²) in [4.78, 5) is 53.2. The van der Waals surface area contributed by atoms with E-state index >= 15 is 0 Å². The number of nitrogens with one attached hydrogen (secondary N) is 2. The Bertz CT molecular complexity index is 1260. The van der Waals surface area contributed by atoms with Crippen LogP contribution in [0.2, 0.25) is 0 Å². The van der Waals surface area contributed by atoms with Crippen LogP contribution in [0.1, 0.15) is 20.7 Å². The minimum atomic E-state index is -0.757. The highest BCUT2D eigenvalue weighted by Crippen LogP contribution is 2.34. The van der Waals surface area contributed by atoms with Crippen LogP contribution in [0.15, 0.2) is 48.8 Å². The van der Waals surface area contributed by atoms with Gasteiger partial charge in [0.05, 0.1) is 35.2 Å². The van der Waals surface area contributed by atoms with Crippen LogP contribution in [-0.4, -0.2) is 46.0 Å². The fourth-order valence-electron chi connectivity index (χ4n) is 2.88. The number of hydrogen-bond donors (Lipinski definition) is 2. The maximum absolute atomic E-state index is 12.0. The minimum Gasteiger partial charge on any atom is -0.465 e. The molecule has 0 aliphatic rings. The lowest BCUT2D eigenvalue weighted by molar-refractivity contribution is -0.384. The molecule has 0 aliphatic heterocycles. The van der Waals surface area contributed by atoms with E-state index < -0.39 is 27.5 Å². The second-order valence-electron chi connectivity index (χ2n) is 6.52. The van der Waals surface area contributed by atoms with E-state index in [2.05, 4.69) is 30.1 Å². The van der Waals surface area contributed by atoms with Gasteiger partial charge in [-0.05, 0) is 24.3 Å². The Hall–Kier alpha value is -5.14. The summed E-state index contributed by atoms with van der Waals surface area (Å²) in [5.41, 5.74) is -0.555. The number of carbonyl (C=O) groups excluding carboxylic acids is 2. The molecular formula is C20H16N6O8. The van der Waals surface area contributed by atoms with E-state index in [0.717, 1.165) is 20.5 Å². The van der Waals surface area contributed by atoms with Crippen molar-refractivity contribution in [1.29, 1.82) is 0 Å². The van der Waals surface area contributed by atoms with Gasteiger partial charge in [-0.1, -0.05) is 6.07 Å². The molecule has 0 bridgehead atoms. The van der Waals surface area contributed by atoms with Crippen LogP contribution in [-0.2, 0) is 9.47 Å². The molecule has 0 atom stereocenters. The molecule has 0 unspecified atom stereocenters. The van der Waals surface area contributed by atoms with Gasteiger partial charge in [-0.3, -0.25) is 20.2 Å². The van der Waals surface area contributed by atoms with Crippen molar-refractivity contribution in [3.63, 3.8) is 0 Å². The van der Waals surface area contributed by atoms with Crippen molar-refractivity contribution in [2.24, 2.45) is 0 Å². The van der Waals surface area contributed by atoms with E-state index in [1.807, 2.05) is 0 Å². The number of methoxy groups -OCH3 is 2. The zero-order chi connectivity index (χ0) is 24.8. The predicted octanol–water partition coefficient (Wildman–Crippen LogP) is 3.35. The Kier molecular flexibility index (Phi) is 6.91. The molecule has 3 rings (SSSR count). The van der Waals surface area contributed by atoms with Gasteiger partial charge in [0.1, 0.15) is 6.33 Å². The van der Waals surface area contributed by atoms with Crippen LogP contribution in [0.25, 0.3) is 0 Å². The van der Waals surface area contributed by atoms with E-state index in [-0.39, 0.29) is 39.8 Å². The average molecular weight is 468 g/mol. The molecule has 34 heavy (non-hydrogen) atoms. The number of nitro groups is 2. The highest BCUT2D eigenvalue weighted by molar-refractivity contribution is 5.97. The minimum absolute atomic E-state index is 0.0143. The first-order chi connectivity index (χ1) is 16.2. The molecule has 2 N–H and O–H groups in total. The molecule has 0 aliphatic carbocycles. The van der Waals surface area contributed by atoms with E-state index in [9.17, 15) is 29.8 Å². The third kappa shape index (κ3) is 5.18. The van der Waals surface area contributed by atoms with Gasteiger partial charge in [-0.2, -0.15) is 0 Å². The summed E-state index contributed by atoms with van der Waals surface area (Å²) in [6.45, 7) is 0. The number of non-ortho nitro benzene ring substituents is 1. The number of anilines is 4. The fraction of sp³-hybridized carbons (Fsp3) is 0.100. The molecule has 2 aromatic carbocycles. The fourth-order valence-corrected chi connectivity index (χ4v) is 2.88. The summed E-state index contributed by atoms with van der Waals surface area (Å²) in [5, 5.41) is 28.2. The molecule has 14 nitrogen and oxygen atoms in total. The summed E-state index contributed by atoms with van der Waals surface area (Å²) in [7, 11) is 2.31. The van der Waals surface area contributed by atoms with Gasteiger partial charge in [0.25, 0.3) is 5.69 Å². The molecule has 0 amide bonds. The van der Waals surface area contributed by atoms with Crippen molar-refractivity contribution in [2.75, 3.05) is 24.9 Å². The highest BCUT2D eigenvalue weighted by Gasteiger charge is 2.24. The predicted molar refractivity (Wildman–Crippen MR) is 117 cm³/mol. The molecule has 3 aromatic rings. The largest absolute Gasteiger partial charge is 0.465 e. The normalized spacial score (nSPS) is 10.2. The van der Waals surface area contributed by atoms with Gasteiger partial charge in [-0.15, -0.1) is 0 Å². The lowest BCUT2D eigenvalue weighted by Gasteiger charge is -2.12. The number of hydrogen-bond acceptors (Lipinski definition) is 12. The van der Waals surface area contributed by atoms with E-state index in [0.29, 0.717) is 0 Å². The first kappa shape index (κ1) is 23.5. The number of benzene rings is 2. The summed E-state index contributed by atoms with van der Waals surface area (Å²) in [5.74, 6) is -2.02. The van der Waals surface area contributed by atoms with Gasteiger partial charge in [0.2, 0.25) is 11.6 Å². The van der Waals surface area contributed by atoms with Crippen LogP contribution in [0.3, 0.4) is 0 Å². The van der Waals surface area contributed by atoms with E-state index in [1.165, 1.54) is 42.5 Å². The number of nitro benzene ring substituents is 1. The number of carbonyl (C=O) groups is 2. The zero-order valence-electron chi connectivity index (χ0n) is 17.7. The highest BCUT2D eigenvalue weighted by atomic mass is 16.6. The third-order valence-corrected chi connectivity index (χ3v) is 4.36. The summed E-state index contributed by atoms with van der Waals surface area (Å²) in [6.07, 6.45) is 1.03. The first-order valence-electron chi connectivity index (χ1n) is 9.33. The number of nitrogens with zero attached hydrogens (tertiary/aromatic N) is 4. The van der Waals surface area contributed by atoms with Crippen LogP contribution in [0.4, 0.5) is 34.4 Å². The quantitative estimate of drug-likeness (QED) is 0.279. The lowest BCUT2D eigenvalue weighted by Crippen LogP contribution is -2.09. The summed E-state index contributed by atoms with van der Waals surface area (Å²) >= 11 is 0. The second-order valence-corrected chi connectivity index (χ2v) is 6.52. The summed E-state index contributed by atoms with van der Waals surface area (Å²) in [6, 6.07) is 9.16. The molecule has 1 heterocycles. The van der Waals surface area contributed by atoms with E-state index in [1.54, 1.807) is 0 Å². The van der Waals surface area contributed by atoms with Crippen molar-refractivity contribution >= 4 is 46.3 Å². The van der Waals surface area contributed by atoms with Gasteiger partial charge in [0, 0.05) is 23.5 Å². The van der Waals surface area contributed by atoms with Crippen molar-refractivity contribution in [2.45, 2.75) is 0 Å². The van der Waals surface area contributed by atoms with Crippen LogP contribution >= 0.6 is 0 Å². The third-order valence-electron chi connectivity index (χ3n) is 4.36. The second kappa shape index (κ2) is 9.99. The standard InChI is InChI=1S/C20H16N6O8/c1-33-19(27)11-6-12(20(28)34-2)8-14(7-11)24-18-16(26(31)32)17(21-10-22-18)23-13-4-3-5-15(9-13)25(29)30/h3-10H,1-2H3,(H2,21,22,23,24). The SMILES string of the molecule is COC(=O)c1cc(Nc2ncnc(Nc3cccc([N+](=O)[O-])c3)c2[N+](=O)[O-])cc(C(=O)OC)c1. The molecule has 0 spiro atoms. The maximum atomic E-state index is 12.0. The van der Waals surface area contributed by atoms with Crippen molar-refractivity contribution in [1.82, 2.24) is 9.97 Å². The molecule has 1 aromatic heterocycles. The van der Waals surface area contributed by atoms with Crippen LogP contribution in [0, 0.1) is 20.2 Å².